The third-order valence-corrected chi connectivity index (χ3v) is 3.81. The molecule has 0 unspecified atom stereocenters. The fourth-order valence-electron chi connectivity index (χ4n) is 2.40. The van der Waals surface area contributed by atoms with E-state index in [4.69, 9.17) is 4.42 Å². The maximum absolute atomic E-state index is 12.1. The largest absolute Gasteiger partial charge is 0.467 e. The molecule has 6 heteroatoms. The fraction of sp³-hybridized carbons (Fsp3) is 0.667. The zero-order chi connectivity index (χ0) is 15.1. The Morgan fingerprint density at radius 1 is 1.38 bits per heavy atom. The molecule has 0 spiro atoms. The second-order valence-electron chi connectivity index (χ2n) is 5.66. The van der Waals surface area contributed by atoms with Crippen LogP contribution in [0, 0.1) is 0 Å². The summed E-state index contributed by atoms with van der Waals surface area (Å²) < 4.78 is 5.27. The van der Waals surface area contributed by atoms with Crippen molar-refractivity contribution in [2.24, 2.45) is 0 Å². The molecule has 0 saturated carbocycles. The van der Waals surface area contributed by atoms with E-state index in [9.17, 15) is 4.79 Å². The topological polar surface area (TPSA) is 52.0 Å². The molecule has 1 saturated heterocycles. The minimum absolute atomic E-state index is 0.120. The predicted molar refractivity (Wildman–Crippen MR) is 82.0 cm³/mol. The zero-order valence-corrected chi connectivity index (χ0v) is 13.0. The molecule has 0 bridgehead atoms. The van der Waals surface area contributed by atoms with Crippen LogP contribution in [-0.2, 0) is 11.3 Å². The van der Waals surface area contributed by atoms with Crippen molar-refractivity contribution in [3.63, 3.8) is 0 Å². The summed E-state index contributed by atoms with van der Waals surface area (Å²) in [4.78, 5) is 18.4. The number of hydrogen-bond donors (Lipinski definition) is 1. The summed E-state index contributed by atoms with van der Waals surface area (Å²) in [6.45, 7) is 7.23. The van der Waals surface area contributed by atoms with Gasteiger partial charge < -0.3 is 14.6 Å². The molecule has 1 aromatic heterocycles. The third-order valence-electron chi connectivity index (χ3n) is 3.81. The fourth-order valence-corrected chi connectivity index (χ4v) is 2.40. The van der Waals surface area contributed by atoms with E-state index in [0.29, 0.717) is 13.1 Å². The van der Waals surface area contributed by atoms with E-state index in [1.807, 2.05) is 26.2 Å². The number of nitrogens with one attached hydrogen (secondary N) is 1. The molecule has 21 heavy (non-hydrogen) atoms. The molecule has 1 aliphatic rings. The van der Waals surface area contributed by atoms with Crippen molar-refractivity contribution in [2.75, 3.05) is 59.9 Å². The lowest BCUT2D eigenvalue weighted by molar-refractivity contribution is -0.131. The highest BCUT2D eigenvalue weighted by Gasteiger charge is 2.15. The highest BCUT2D eigenvalue weighted by atomic mass is 16.3. The first kappa shape index (κ1) is 16.0. The number of likely N-dealkylation sites (N-methyl/N-ethyl adjacent to an activating group) is 2. The molecule has 0 aromatic carbocycles. The monoisotopic (exact) mass is 294 g/mol. The first-order chi connectivity index (χ1) is 10.1. The summed E-state index contributed by atoms with van der Waals surface area (Å²) in [7, 11) is 3.82. The maximum atomic E-state index is 12.1. The Morgan fingerprint density at radius 3 is 2.81 bits per heavy atom. The van der Waals surface area contributed by atoms with Gasteiger partial charge in [0.1, 0.15) is 5.76 Å². The van der Waals surface area contributed by atoms with E-state index in [-0.39, 0.29) is 5.91 Å². The van der Waals surface area contributed by atoms with Crippen LogP contribution in [0.4, 0.5) is 0 Å². The summed E-state index contributed by atoms with van der Waals surface area (Å²) in [5.41, 5.74) is 0. The Labute approximate surface area is 126 Å². The Bertz CT molecular complexity index is 415. The zero-order valence-electron chi connectivity index (χ0n) is 13.0. The maximum Gasteiger partial charge on any atom is 0.236 e. The number of rotatable bonds is 7. The van der Waals surface area contributed by atoms with E-state index >= 15 is 0 Å². The van der Waals surface area contributed by atoms with Gasteiger partial charge in [0.05, 0.1) is 19.4 Å². The number of hydrogen-bond acceptors (Lipinski definition) is 5. The van der Waals surface area contributed by atoms with Crippen molar-refractivity contribution in [1.82, 2.24) is 20.0 Å². The number of amides is 1. The lowest BCUT2D eigenvalue weighted by Gasteiger charge is -2.29. The smallest absolute Gasteiger partial charge is 0.236 e. The third kappa shape index (κ3) is 5.49. The molecule has 1 aromatic rings. The minimum atomic E-state index is 0.120. The predicted octanol–water partition coefficient (Wildman–Crippen LogP) is 0.0750. The van der Waals surface area contributed by atoms with Crippen molar-refractivity contribution in [1.29, 1.82) is 0 Å². The molecule has 2 heterocycles. The summed E-state index contributed by atoms with van der Waals surface area (Å²) in [6.07, 6.45) is 1.63. The number of furan rings is 1. The molecule has 0 radical (unpaired) electrons. The minimum Gasteiger partial charge on any atom is -0.467 e. The summed E-state index contributed by atoms with van der Waals surface area (Å²) >= 11 is 0. The van der Waals surface area contributed by atoms with E-state index in [1.165, 1.54) is 0 Å². The highest BCUT2D eigenvalue weighted by Crippen LogP contribution is 2.04. The molecule has 1 fully saturated rings. The van der Waals surface area contributed by atoms with Gasteiger partial charge in [-0.05, 0) is 19.2 Å². The molecule has 0 atom stereocenters. The normalized spacial score (nSPS) is 16.3. The first-order valence-electron chi connectivity index (χ1n) is 7.53. The van der Waals surface area contributed by atoms with Gasteiger partial charge in [-0.3, -0.25) is 14.6 Å². The number of piperazine rings is 1. The SMILES string of the molecule is CN(CCN1CCNCC1)CC(=O)N(C)Cc1ccco1. The Balaban J connectivity index is 1.66. The van der Waals surface area contributed by atoms with Crippen LogP contribution in [0.15, 0.2) is 22.8 Å². The first-order valence-corrected chi connectivity index (χ1v) is 7.53. The van der Waals surface area contributed by atoms with Gasteiger partial charge in [-0.2, -0.15) is 0 Å². The van der Waals surface area contributed by atoms with Gasteiger partial charge in [0.2, 0.25) is 5.91 Å². The van der Waals surface area contributed by atoms with Gasteiger partial charge >= 0.3 is 0 Å². The van der Waals surface area contributed by atoms with Crippen molar-refractivity contribution < 1.29 is 9.21 Å². The van der Waals surface area contributed by atoms with Gasteiger partial charge in [0, 0.05) is 46.3 Å². The molecule has 1 N–H and O–H groups in total. The van der Waals surface area contributed by atoms with Crippen molar-refractivity contribution in [2.45, 2.75) is 6.54 Å². The molecule has 2 rings (SSSR count). The van der Waals surface area contributed by atoms with Crippen LogP contribution in [0.5, 0.6) is 0 Å². The van der Waals surface area contributed by atoms with Crippen LogP contribution >= 0.6 is 0 Å². The van der Waals surface area contributed by atoms with Gasteiger partial charge in [0.25, 0.3) is 0 Å². The van der Waals surface area contributed by atoms with Crippen LogP contribution in [-0.4, -0.2) is 80.5 Å². The molecule has 0 aliphatic carbocycles. The molecular weight excluding hydrogens is 268 g/mol. The Morgan fingerprint density at radius 2 is 2.14 bits per heavy atom. The van der Waals surface area contributed by atoms with Crippen LogP contribution in [0.3, 0.4) is 0 Å². The molecular formula is C15H26N4O2. The van der Waals surface area contributed by atoms with E-state index in [0.717, 1.165) is 45.0 Å². The van der Waals surface area contributed by atoms with Crippen molar-refractivity contribution in [3.05, 3.63) is 24.2 Å². The summed E-state index contributed by atoms with van der Waals surface area (Å²) in [6, 6.07) is 3.73. The summed E-state index contributed by atoms with van der Waals surface area (Å²) in [5, 5.41) is 3.35. The average Bonchev–Trinajstić information content (AvgIpc) is 2.99. The Kier molecular flexibility index (Phi) is 6.22. The van der Waals surface area contributed by atoms with Crippen LogP contribution in [0.2, 0.25) is 0 Å². The lowest BCUT2D eigenvalue weighted by Crippen LogP contribution is -2.46. The van der Waals surface area contributed by atoms with Gasteiger partial charge in [0.15, 0.2) is 0 Å². The van der Waals surface area contributed by atoms with E-state index in [1.54, 1.807) is 11.2 Å². The standard InChI is InChI=1S/C15H26N4O2/c1-17(9-10-19-7-5-16-6-8-19)13-15(20)18(2)12-14-4-3-11-21-14/h3-4,11,16H,5-10,12-13H2,1-2H3. The second-order valence-corrected chi connectivity index (χ2v) is 5.66. The van der Waals surface area contributed by atoms with Crippen molar-refractivity contribution in [3.8, 4) is 0 Å². The van der Waals surface area contributed by atoms with Crippen LogP contribution in [0.25, 0.3) is 0 Å². The quantitative estimate of drug-likeness (QED) is 0.771. The Hall–Kier alpha value is -1.37. The van der Waals surface area contributed by atoms with E-state index in [2.05, 4.69) is 15.1 Å². The molecule has 1 amide bonds. The van der Waals surface area contributed by atoms with Gasteiger partial charge in [-0.25, -0.2) is 0 Å². The van der Waals surface area contributed by atoms with Crippen LogP contribution in [0.1, 0.15) is 5.76 Å². The highest BCUT2D eigenvalue weighted by molar-refractivity contribution is 5.77. The lowest BCUT2D eigenvalue weighted by atomic mass is 10.3. The second kappa shape index (κ2) is 8.17. The number of nitrogens with zero attached hydrogens (tertiary/aromatic N) is 3. The number of carbonyl (C=O) groups excluding carboxylic acids is 1. The molecule has 118 valence electrons. The molecule has 1 aliphatic heterocycles. The van der Waals surface area contributed by atoms with Gasteiger partial charge in [-0.1, -0.05) is 0 Å². The van der Waals surface area contributed by atoms with Crippen molar-refractivity contribution >= 4 is 5.91 Å². The summed E-state index contributed by atoms with van der Waals surface area (Å²) in [5.74, 6) is 0.934. The average molecular weight is 294 g/mol. The van der Waals surface area contributed by atoms with Crippen LogP contribution < -0.4 is 5.32 Å². The van der Waals surface area contributed by atoms with E-state index < -0.39 is 0 Å². The molecule has 6 nitrogen and oxygen atoms in total. The number of carbonyl (C=O) groups is 1. The van der Waals surface area contributed by atoms with Gasteiger partial charge in [-0.15, -0.1) is 0 Å².